The third kappa shape index (κ3) is 1.36. The fourth-order valence-corrected chi connectivity index (χ4v) is 2.23. The van der Waals surface area contributed by atoms with Crippen LogP contribution in [0.3, 0.4) is 0 Å². The maximum Gasteiger partial charge on any atom is 0.254 e. The van der Waals surface area contributed by atoms with E-state index in [0.29, 0.717) is 5.92 Å². The van der Waals surface area contributed by atoms with Crippen molar-refractivity contribution in [1.82, 2.24) is 4.90 Å². The molecule has 0 N–H and O–H groups in total. The molecule has 0 aromatic heterocycles. The minimum atomic E-state index is 0.168. The lowest BCUT2D eigenvalue weighted by atomic mass is 9.93. The Morgan fingerprint density at radius 3 is 2.60 bits per heavy atom. The van der Waals surface area contributed by atoms with Gasteiger partial charge in [0.1, 0.15) is 0 Å². The summed E-state index contributed by atoms with van der Waals surface area (Å²) in [7, 11) is 1.87. The van der Waals surface area contributed by atoms with Crippen LogP contribution in [0.4, 0.5) is 0 Å². The SMILES string of the molecule is CC(C)c1cccc2c1C(=O)N(C)C2C. The minimum absolute atomic E-state index is 0.168. The molecule has 1 aromatic rings. The molecule has 1 aliphatic heterocycles. The van der Waals surface area contributed by atoms with Crippen LogP contribution in [0.15, 0.2) is 18.2 Å². The van der Waals surface area contributed by atoms with Gasteiger partial charge in [-0.05, 0) is 24.0 Å². The molecule has 2 nitrogen and oxygen atoms in total. The summed E-state index contributed by atoms with van der Waals surface area (Å²) < 4.78 is 0. The molecule has 15 heavy (non-hydrogen) atoms. The van der Waals surface area contributed by atoms with Crippen LogP contribution in [0.25, 0.3) is 0 Å². The van der Waals surface area contributed by atoms with Crippen LogP contribution >= 0.6 is 0 Å². The van der Waals surface area contributed by atoms with E-state index in [1.54, 1.807) is 0 Å². The summed E-state index contributed by atoms with van der Waals surface area (Å²) in [6.45, 7) is 6.34. The van der Waals surface area contributed by atoms with Crippen LogP contribution in [0.1, 0.15) is 54.2 Å². The predicted octanol–water partition coefficient (Wildman–Crippen LogP) is 2.96. The summed E-state index contributed by atoms with van der Waals surface area (Å²) in [5, 5.41) is 0. The number of hydrogen-bond acceptors (Lipinski definition) is 1. The first kappa shape index (κ1) is 10.2. The lowest BCUT2D eigenvalue weighted by molar-refractivity contribution is 0.0783. The maximum absolute atomic E-state index is 12.1. The molecule has 80 valence electrons. The van der Waals surface area contributed by atoms with Gasteiger partial charge in [-0.25, -0.2) is 0 Å². The normalized spacial score (nSPS) is 19.9. The first-order valence-electron chi connectivity index (χ1n) is 5.44. The molecule has 0 saturated carbocycles. The Morgan fingerprint density at radius 1 is 1.33 bits per heavy atom. The number of benzene rings is 1. The number of fused-ring (bicyclic) bond motifs is 1. The first-order chi connectivity index (χ1) is 7.04. The molecule has 1 aromatic carbocycles. The zero-order chi connectivity index (χ0) is 11.2. The zero-order valence-electron chi connectivity index (χ0n) is 9.74. The smallest absolute Gasteiger partial charge is 0.254 e. The number of carbonyl (C=O) groups is 1. The van der Waals surface area contributed by atoms with Crippen molar-refractivity contribution >= 4 is 5.91 Å². The third-order valence-electron chi connectivity index (χ3n) is 3.32. The molecule has 1 aliphatic rings. The van der Waals surface area contributed by atoms with Gasteiger partial charge in [0, 0.05) is 12.6 Å². The molecule has 1 heterocycles. The van der Waals surface area contributed by atoms with Crippen molar-refractivity contribution in [2.75, 3.05) is 7.05 Å². The summed E-state index contributed by atoms with van der Waals surface area (Å²) >= 11 is 0. The fourth-order valence-electron chi connectivity index (χ4n) is 2.23. The van der Waals surface area contributed by atoms with Gasteiger partial charge in [0.2, 0.25) is 0 Å². The highest BCUT2D eigenvalue weighted by molar-refractivity contribution is 6.00. The molecular formula is C13H17NO. The van der Waals surface area contributed by atoms with Crippen LogP contribution in [0, 0.1) is 0 Å². The van der Waals surface area contributed by atoms with Crippen molar-refractivity contribution < 1.29 is 4.79 Å². The lowest BCUT2D eigenvalue weighted by Crippen LogP contribution is -2.21. The summed E-state index contributed by atoms with van der Waals surface area (Å²) in [5.41, 5.74) is 3.28. The van der Waals surface area contributed by atoms with E-state index in [2.05, 4.69) is 39.0 Å². The second kappa shape index (κ2) is 3.37. The highest BCUT2D eigenvalue weighted by atomic mass is 16.2. The Balaban J connectivity index is 2.63. The average molecular weight is 203 g/mol. The monoisotopic (exact) mass is 203 g/mol. The standard InChI is InChI=1S/C13H17NO/c1-8(2)10-6-5-7-11-9(3)14(4)13(15)12(10)11/h5-9H,1-4H3. The molecule has 0 radical (unpaired) electrons. The molecule has 0 spiro atoms. The van der Waals surface area contributed by atoms with Crippen LogP contribution in [-0.2, 0) is 0 Å². The molecule has 2 heteroatoms. The topological polar surface area (TPSA) is 20.3 Å². The van der Waals surface area contributed by atoms with E-state index in [9.17, 15) is 4.79 Å². The molecule has 1 unspecified atom stereocenters. The van der Waals surface area contributed by atoms with E-state index >= 15 is 0 Å². The van der Waals surface area contributed by atoms with Crippen molar-refractivity contribution in [1.29, 1.82) is 0 Å². The predicted molar refractivity (Wildman–Crippen MR) is 61.0 cm³/mol. The molecule has 1 amide bonds. The van der Waals surface area contributed by atoms with Gasteiger partial charge in [0.25, 0.3) is 5.91 Å². The molecule has 0 saturated heterocycles. The van der Waals surface area contributed by atoms with Gasteiger partial charge in [0.05, 0.1) is 6.04 Å². The second-order valence-electron chi connectivity index (χ2n) is 4.56. The molecular weight excluding hydrogens is 186 g/mol. The van der Waals surface area contributed by atoms with Gasteiger partial charge in [-0.2, -0.15) is 0 Å². The molecule has 1 atom stereocenters. The Hall–Kier alpha value is -1.31. The van der Waals surface area contributed by atoms with E-state index in [-0.39, 0.29) is 11.9 Å². The van der Waals surface area contributed by atoms with Gasteiger partial charge in [-0.15, -0.1) is 0 Å². The minimum Gasteiger partial charge on any atom is -0.335 e. The highest BCUT2D eigenvalue weighted by Gasteiger charge is 2.33. The summed E-state index contributed by atoms with van der Waals surface area (Å²) in [6, 6.07) is 6.39. The van der Waals surface area contributed by atoms with Gasteiger partial charge in [-0.1, -0.05) is 32.0 Å². The Bertz CT molecular complexity index is 409. The maximum atomic E-state index is 12.1. The van der Waals surface area contributed by atoms with Gasteiger partial charge in [0.15, 0.2) is 0 Å². The van der Waals surface area contributed by atoms with E-state index in [4.69, 9.17) is 0 Å². The molecule has 0 aliphatic carbocycles. The Kier molecular flexibility index (Phi) is 2.29. The molecule has 0 bridgehead atoms. The zero-order valence-corrected chi connectivity index (χ0v) is 9.74. The largest absolute Gasteiger partial charge is 0.335 e. The number of amides is 1. The van der Waals surface area contributed by atoms with Crippen LogP contribution in [0.5, 0.6) is 0 Å². The number of rotatable bonds is 1. The van der Waals surface area contributed by atoms with E-state index in [0.717, 1.165) is 5.56 Å². The summed E-state index contributed by atoms with van der Waals surface area (Å²) in [4.78, 5) is 13.9. The van der Waals surface area contributed by atoms with E-state index in [1.807, 2.05) is 11.9 Å². The number of nitrogens with zero attached hydrogens (tertiary/aromatic N) is 1. The van der Waals surface area contributed by atoms with Crippen molar-refractivity contribution in [2.24, 2.45) is 0 Å². The average Bonchev–Trinajstić information content (AvgIpc) is 2.44. The van der Waals surface area contributed by atoms with Gasteiger partial charge < -0.3 is 4.90 Å². The van der Waals surface area contributed by atoms with Crippen molar-refractivity contribution in [3.8, 4) is 0 Å². The third-order valence-corrected chi connectivity index (χ3v) is 3.32. The summed E-state index contributed by atoms with van der Waals surface area (Å²) in [5.74, 6) is 0.574. The van der Waals surface area contributed by atoms with Crippen molar-refractivity contribution in [3.05, 3.63) is 34.9 Å². The summed E-state index contributed by atoms with van der Waals surface area (Å²) in [6.07, 6.45) is 0. The molecule has 2 rings (SSSR count). The number of carbonyl (C=O) groups excluding carboxylic acids is 1. The number of hydrogen-bond donors (Lipinski definition) is 0. The van der Waals surface area contributed by atoms with Crippen LogP contribution < -0.4 is 0 Å². The Morgan fingerprint density at radius 2 is 2.00 bits per heavy atom. The highest BCUT2D eigenvalue weighted by Crippen LogP contribution is 2.36. The van der Waals surface area contributed by atoms with Gasteiger partial charge >= 0.3 is 0 Å². The van der Waals surface area contributed by atoms with E-state index < -0.39 is 0 Å². The van der Waals surface area contributed by atoms with Crippen LogP contribution in [-0.4, -0.2) is 17.9 Å². The quantitative estimate of drug-likeness (QED) is 0.687. The van der Waals surface area contributed by atoms with E-state index in [1.165, 1.54) is 11.1 Å². The Labute approximate surface area is 90.9 Å². The van der Waals surface area contributed by atoms with Crippen molar-refractivity contribution in [3.63, 3.8) is 0 Å². The second-order valence-corrected chi connectivity index (χ2v) is 4.56. The lowest BCUT2D eigenvalue weighted by Gasteiger charge is -2.14. The van der Waals surface area contributed by atoms with Crippen LogP contribution in [0.2, 0.25) is 0 Å². The first-order valence-corrected chi connectivity index (χ1v) is 5.44. The fraction of sp³-hybridized carbons (Fsp3) is 0.462. The van der Waals surface area contributed by atoms with Crippen molar-refractivity contribution in [2.45, 2.75) is 32.7 Å². The van der Waals surface area contributed by atoms with Gasteiger partial charge in [-0.3, -0.25) is 4.79 Å². The molecule has 0 fully saturated rings.